The second-order valence-corrected chi connectivity index (χ2v) is 3.02. The van der Waals surface area contributed by atoms with Crippen molar-refractivity contribution in [1.29, 1.82) is 0 Å². The van der Waals surface area contributed by atoms with E-state index in [9.17, 15) is 4.79 Å². The quantitative estimate of drug-likeness (QED) is 0.657. The largest absolute Gasteiger partial charge is 0.396 e. The number of aromatic nitrogens is 1. The summed E-state index contributed by atoms with van der Waals surface area (Å²) < 4.78 is 1.48. The van der Waals surface area contributed by atoms with E-state index >= 15 is 0 Å². The van der Waals surface area contributed by atoms with Crippen molar-refractivity contribution in [3.63, 3.8) is 0 Å². The first-order valence-electron chi connectivity index (χ1n) is 4.16. The van der Waals surface area contributed by atoms with E-state index in [1.807, 2.05) is 0 Å². The van der Waals surface area contributed by atoms with Gasteiger partial charge in [-0.05, 0) is 11.6 Å². The molecule has 3 N–H and O–H groups in total. The zero-order valence-corrected chi connectivity index (χ0v) is 7.60. The molecule has 1 rings (SSSR count). The van der Waals surface area contributed by atoms with E-state index in [2.05, 4.69) is 0 Å². The summed E-state index contributed by atoms with van der Waals surface area (Å²) in [5, 5.41) is 8.95. The molecule has 4 nitrogen and oxygen atoms in total. The Hall–Kier alpha value is -1.13. The van der Waals surface area contributed by atoms with Gasteiger partial charge in [0.05, 0.1) is 6.61 Å². The van der Waals surface area contributed by atoms with Crippen LogP contribution in [0.3, 0.4) is 0 Å². The van der Waals surface area contributed by atoms with Gasteiger partial charge in [0.15, 0.2) is 0 Å². The maximum Gasteiger partial charge on any atom is 0.250 e. The van der Waals surface area contributed by atoms with Gasteiger partial charge < -0.3 is 15.4 Å². The maximum absolute atomic E-state index is 11.2. The second kappa shape index (κ2) is 4.20. The molecule has 0 aromatic carbocycles. The molecular weight excluding hydrogens is 168 g/mol. The predicted molar refractivity (Wildman–Crippen MR) is 50.6 cm³/mol. The number of aliphatic hydroxyl groups excluding tert-OH is 1. The summed E-state index contributed by atoms with van der Waals surface area (Å²) in [5.74, 6) is -0.131. The molecule has 72 valence electrons. The van der Waals surface area contributed by atoms with Gasteiger partial charge in [0.1, 0.15) is 0 Å². The standard InChI is InChI=1S/C9H14N2O2/c1-11-3-2-7(4-9(11)13)8(5-10)6-12/h2-4,8,12H,5-6,10H2,1H3. The van der Waals surface area contributed by atoms with Crippen LogP contribution in [0.2, 0.25) is 0 Å². The molecule has 1 unspecified atom stereocenters. The van der Waals surface area contributed by atoms with E-state index in [1.165, 1.54) is 10.6 Å². The molecule has 4 heteroatoms. The highest BCUT2D eigenvalue weighted by molar-refractivity contribution is 5.16. The predicted octanol–water partition coefficient (Wildman–Crippen LogP) is -0.580. The molecule has 0 radical (unpaired) electrons. The molecule has 0 fully saturated rings. The SMILES string of the molecule is Cn1ccc(C(CN)CO)cc1=O. The van der Waals surface area contributed by atoms with Crippen molar-refractivity contribution >= 4 is 0 Å². The fourth-order valence-electron chi connectivity index (χ4n) is 1.13. The second-order valence-electron chi connectivity index (χ2n) is 3.02. The monoisotopic (exact) mass is 182 g/mol. The normalized spacial score (nSPS) is 12.8. The molecule has 0 amide bonds. The minimum atomic E-state index is -0.131. The molecule has 1 aromatic heterocycles. The topological polar surface area (TPSA) is 68.2 Å². The van der Waals surface area contributed by atoms with Crippen LogP contribution in [0, 0.1) is 0 Å². The van der Waals surface area contributed by atoms with Gasteiger partial charge in [-0.3, -0.25) is 4.79 Å². The lowest BCUT2D eigenvalue weighted by Crippen LogP contribution is -2.21. The number of nitrogens with two attached hydrogens (primary N) is 1. The van der Waals surface area contributed by atoms with E-state index in [4.69, 9.17) is 10.8 Å². The van der Waals surface area contributed by atoms with Crippen LogP contribution in [-0.4, -0.2) is 22.8 Å². The number of aliphatic hydroxyl groups is 1. The number of nitrogens with zero attached hydrogens (tertiary/aromatic N) is 1. The number of rotatable bonds is 3. The molecule has 1 atom stereocenters. The fourth-order valence-corrected chi connectivity index (χ4v) is 1.13. The summed E-state index contributed by atoms with van der Waals surface area (Å²) >= 11 is 0. The fraction of sp³-hybridized carbons (Fsp3) is 0.444. The van der Waals surface area contributed by atoms with Crippen molar-refractivity contribution in [2.75, 3.05) is 13.2 Å². The summed E-state index contributed by atoms with van der Waals surface area (Å²) in [6.45, 7) is 0.327. The lowest BCUT2D eigenvalue weighted by Gasteiger charge is -2.11. The molecule has 0 spiro atoms. The van der Waals surface area contributed by atoms with Crippen molar-refractivity contribution < 1.29 is 5.11 Å². The van der Waals surface area contributed by atoms with Gasteiger partial charge in [0, 0.05) is 31.8 Å². The van der Waals surface area contributed by atoms with Crippen LogP contribution in [-0.2, 0) is 7.05 Å². The lowest BCUT2D eigenvalue weighted by atomic mass is 10.0. The van der Waals surface area contributed by atoms with E-state index in [-0.39, 0.29) is 18.1 Å². The Balaban J connectivity index is 3.02. The highest BCUT2D eigenvalue weighted by Crippen LogP contribution is 2.10. The van der Waals surface area contributed by atoms with Gasteiger partial charge in [0.2, 0.25) is 0 Å². The zero-order valence-electron chi connectivity index (χ0n) is 7.60. The smallest absolute Gasteiger partial charge is 0.250 e. The van der Waals surface area contributed by atoms with Gasteiger partial charge in [-0.2, -0.15) is 0 Å². The van der Waals surface area contributed by atoms with Gasteiger partial charge in [-0.25, -0.2) is 0 Å². The Morgan fingerprint density at radius 2 is 2.38 bits per heavy atom. The van der Waals surface area contributed by atoms with Crippen LogP contribution < -0.4 is 11.3 Å². The molecule has 13 heavy (non-hydrogen) atoms. The summed E-state index contributed by atoms with van der Waals surface area (Å²) in [4.78, 5) is 11.2. The van der Waals surface area contributed by atoms with Crippen LogP contribution in [0.25, 0.3) is 0 Å². The third kappa shape index (κ3) is 2.17. The van der Waals surface area contributed by atoms with Crippen LogP contribution in [0.1, 0.15) is 11.5 Å². The summed E-state index contributed by atoms with van der Waals surface area (Å²) in [7, 11) is 1.68. The Kier molecular flexibility index (Phi) is 3.22. The third-order valence-corrected chi connectivity index (χ3v) is 2.10. The molecule has 0 aliphatic rings. The highest BCUT2D eigenvalue weighted by atomic mass is 16.3. The Bertz CT molecular complexity index is 329. The van der Waals surface area contributed by atoms with E-state index in [1.54, 1.807) is 19.3 Å². The molecule has 0 saturated carbocycles. The molecule has 0 aliphatic heterocycles. The minimum Gasteiger partial charge on any atom is -0.396 e. The van der Waals surface area contributed by atoms with Gasteiger partial charge in [-0.1, -0.05) is 0 Å². The number of aryl methyl sites for hydroxylation is 1. The molecule has 0 saturated heterocycles. The average molecular weight is 182 g/mol. The van der Waals surface area contributed by atoms with Crippen LogP contribution in [0.15, 0.2) is 23.1 Å². The molecular formula is C9H14N2O2. The van der Waals surface area contributed by atoms with Crippen molar-refractivity contribution in [1.82, 2.24) is 4.57 Å². The molecule has 0 aliphatic carbocycles. The third-order valence-electron chi connectivity index (χ3n) is 2.10. The number of hydrogen-bond donors (Lipinski definition) is 2. The Morgan fingerprint density at radius 3 is 2.85 bits per heavy atom. The first-order chi connectivity index (χ1) is 6.19. The van der Waals surface area contributed by atoms with E-state index in [0.29, 0.717) is 6.54 Å². The van der Waals surface area contributed by atoms with Crippen molar-refractivity contribution in [3.05, 3.63) is 34.2 Å². The van der Waals surface area contributed by atoms with Gasteiger partial charge >= 0.3 is 0 Å². The first kappa shape index (κ1) is 9.95. The average Bonchev–Trinajstić information content (AvgIpc) is 2.13. The van der Waals surface area contributed by atoms with Gasteiger partial charge in [0.25, 0.3) is 5.56 Å². The number of pyridine rings is 1. The summed E-state index contributed by atoms with van der Waals surface area (Å²) in [6, 6.07) is 3.31. The van der Waals surface area contributed by atoms with E-state index in [0.717, 1.165) is 5.56 Å². The summed E-state index contributed by atoms with van der Waals surface area (Å²) in [6.07, 6.45) is 1.68. The number of hydrogen-bond acceptors (Lipinski definition) is 3. The van der Waals surface area contributed by atoms with Crippen LogP contribution in [0.5, 0.6) is 0 Å². The zero-order chi connectivity index (χ0) is 9.84. The van der Waals surface area contributed by atoms with Crippen molar-refractivity contribution in [3.8, 4) is 0 Å². The molecule has 0 bridgehead atoms. The Morgan fingerprint density at radius 1 is 1.69 bits per heavy atom. The molecule has 1 heterocycles. The van der Waals surface area contributed by atoms with Crippen LogP contribution >= 0.6 is 0 Å². The Labute approximate surface area is 76.6 Å². The maximum atomic E-state index is 11.2. The van der Waals surface area contributed by atoms with Crippen molar-refractivity contribution in [2.24, 2.45) is 12.8 Å². The van der Waals surface area contributed by atoms with Crippen LogP contribution in [0.4, 0.5) is 0 Å². The summed E-state index contributed by atoms with van der Waals surface area (Å²) in [5.41, 5.74) is 6.15. The van der Waals surface area contributed by atoms with Gasteiger partial charge in [-0.15, -0.1) is 0 Å². The highest BCUT2D eigenvalue weighted by Gasteiger charge is 2.08. The van der Waals surface area contributed by atoms with E-state index < -0.39 is 0 Å². The molecule has 1 aromatic rings. The minimum absolute atomic E-state index is 0.0241. The lowest BCUT2D eigenvalue weighted by molar-refractivity contribution is 0.267. The van der Waals surface area contributed by atoms with Crippen molar-refractivity contribution in [2.45, 2.75) is 5.92 Å². The first-order valence-corrected chi connectivity index (χ1v) is 4.16.